The van der Waals surface area contributed by atoms with Gasteiger partial charge in [-0.25, -0.2) is 13.8 Å². The van der Waals surface area contributed by atoms with Crippen LogP contribution in [0.15, 0.2) is 16.9 Å². The lowest BCUT2D eigenvalue weighted by Gasteiger charge is -2.12. The Kier molecular flexibility index (Phi) is 5.55. The summed E-state index contributed by atoms with van der Waals surface area (Å²) in [5.74, 6) is -4.82. The van der Waals surface area contributed by atoms with Crippen molar-refractivity contribution < 1.29 is 27.9 Å². The monoisotopic (exact) mass is 391 g/mol. The molecule has 26 heavy (non-hydrogen) atoms. The molecule has 1 heterocycles. The molecule has 2 aromatic rings. The Morgan fingerprint density at radius 3 is 2.42 bits per heavy atom. The summed E-state index contributed by atoms with van der Waals surface area (Å²) in [6.07, 6.45) is -0.361. The van der Waals surface area contributed by atoms with Crippen molar-refractivity contribution in [3.05, 3.63) is 44.8 Å². The van der Waals surface area contributed by atoms with Crippen LogP contribution in [0.3, 0.4) is 0 Å². The molecule has 0 aliphatic rings. The first kappa shape index (κ1) is 19.7. The highest BCUT2D eigenvalue weighted by Gasteiger charge is 2.26. The first-order valence-electron chi connectivity index (χ1n) is 7.22. The third kappa shape index (κ3) is 3.64. The van der Waals surface area contributed by atoms with E-state index in [1.54, 1.807) is 0 Å². The summed E-state index contributed by atoms with van der Waals surface area (Å²) in [7, 11) is 0. The summed E-state index contributed by atoms with van der Waals surface area (Å²) >= 11 is 5.89. The largest absolute Gasteiger partial charge is 0.481 e. The lowest BCUT2D eigenvalue weighted by molar-refractivity contribution is -0.145. The number of carboxylic acid groups (broad SMARTS) is 1. The summed E-state index contributed by atoms with van der Waals surface area (Å²) in [5.41, 5.74) is -1.70. The number of rotatable bonds is 6. The minimum Gasteiger partial charge on any atom is -0.481 e. The fourth-order valence-corrected chi connectivity index (χ4v) is 2.61. The van der Waals surface area contributed by atoms with Crippen molar-refractivity contribution >= 4 is 23.4 Å². The van der Waals surface area contributed by atoms with Crippen LogP contribution in [0.4, 0.5) is 13.2 Å². The Labute approximate surface area is 149 Å². The summed E-state index contributed by atoms with van der Waals surface area (Å²) < 4.78 is 40.5. The van der Waals surface area contributed by atoms with E-state index < -0.39 is 41.4 Å². The molecule has 0 aliphatic heterocycles. The van der Waals surface area contributed by atoms with E-state index in [1.807, 2.05) is 0 Å². The van der Waals surface area contributed by atoms with Gasteiger partial charge >= 0.3 is 18.2 Å². The quantitative estimate of drug-likeness (QED) is 0.763. The molecule has 0 saturated carbocycles. The molecule has 11 heteroatoms. The van der Waals surface area contributed by atoms with Crippen molar-refractivity contribution in [2.75, 3.05) is 0 Å². The van der Waals surface area contributed by atoms with E-state index in [4.69, 9.17) is 16.7 Å². The average molecular weight is 392 g/mol. The number of carboxylic acids is 1. The van der Waals surface area contributed by atoms with Gasteiger partial charge in [-0.05, 0) is 38.0 Å². The van der Waals surface area contributed by atoms with Crippen LogP contribution in [0.1, 0.15) is 24.9 Å². The zero-order valence-electron chi connectivity index (χ0n) is 13.5. The molecule has 1 N–H and O–H groups in total. The van der Waals surface area contributed by atoms with E-state index in [9.17, 15) is 27.6 Å². The molecule has 0 fully saturated rings. The number of hydrogen-bond acceptors (Lipinski definition) is 4. The number of halogens is 4. The number of carbonyl (C=O) groups excluding carboxylic acids is 1. The van der Waals surface area contributed by atoms with Gasteiger partial charge in [-0.3, -0.25) is 9.59 Å². The normalized spacial score (nSPS) is 12.4. The summed E-state index contributed by atoms with van der Waals surface area (Å²) in [4.78, 5) is 34.7. The maximum absolute atomic E-state index is 14.2. The second-order valence-corrected chi connectivity index (χ2v) is 5.90. The lowest BCUT2D eigenvalue weighted by Crippen LogP contribution is -2.26. The van der Waals surface area contributed by atoms with Crippen LogP contribution in [-0.2, 0) is 16.0 Å². The fourth-order valence-electron chi connectivity index (χ4n) is 2.38. The van der Waals surface area contributed by atoms with Crippen LogP contribution >= 0.6 is 11.6 Å². The Balaban J connectivity index is 2.59. The number of aromatic nitrogens is 3. The number of nitrogens with zero attached hydrogens (tertiary/aromatic N) is 3. The van der Waals surface area contributed by atoms with Crippen molar-refractivity contribution in [1.82, 2.24) is 14.3 Å². The number of Topliss-reactive ketones (excluding diaryl/α,β-unsaturated/α-hetero) is 1. The van der Waals surface area contributed by atoms with Crippen LogP contribution in [0, 0.1) is 18.7 Å². The second-order valence-electron chi connectivity index (χ2n) is 5.49. The van der Waals surface area contributed by atoms with Crippen molar-refractivity contribution in [1.29, 1.82) is 0 Å². The number of ketones is 1. The highest BCUT2D eigenvalue weighted by atomic mass is 35.5. The first-order valence-corrected chi connectivity index (χ1v) is 7.60. The van der Waals surface area contributed by atoms with Gasteiger partial charge in [0.15, 0.2) is 5.82 Å². The lowest BCUT2D eigenvalue weighted by atomic mass is 9.95. The van der Waals surface area contributed by atoms with Gasteiger partial charge in [-0.15, -0.1) is 5.10 Å². The van der Waals surface area contributed by atoms with Crippen LogP contribution in [0.25, 0.3) is 5.69 Å². The summed E-state index contributed by atoms with van der Waals surface area (Å²) in [5, 5.41) is 12.5. The summed E-state index contributed by atoms with van der Waals surface area (Å²) in [6, 6.07) is 1.81. The number of alkyl halides is 2. The third-order valence-electron chi connectivity index (χ3n) is 3.73. The molecule has 2 rings (SSSR count). The highest BCUT2D eigenvalue weighted by molar-refractivity contribution is 6.31. The SMILES string of the molecule is CC(=O)C(Cc1cc(-n2nc(C)n(C(F)F)c2=O)c(F)cc1Cl)C(=O)O. The first-order chi connectivity index (χ1) is 12.0. The molecule has 1 aromatic carbocycles. The number of benzene rings is 1. The number of carbonyl (C=O) groups is 2. The van der Waals surface area contributed by atoms with Gasteiger partial charge in [0, 0.05) is 5.02 Å². The van der Waals surface area contributed by atoms with Crippen molar-refractivity contribution in [2.45, 2.75) is 26.8 Å². The smallest absolute Gasteiger partial charge is 0.355 e. The van der Waals surface area contributed by atoms with Crippen LogP contribution in [-0.4, -0.2) is 31.2 Å². The molecule has 0 saturated heterocycles. The minimum absolute atomic E-state index is 0.0572. The molecular weight excluding hydrogens is 379 g/mol. The molecule has 7 nitrogen and oxygen atoms in total. The van der Waals surface area contributed by atoms with E-state index in [2.05, 4.69) is 5.10 Å². The minimum atomic E-state index is -3.17. The maximum Gasteiger partial charge on any atom is 0.355 e. The van der Waals surface area contributed by atoms with Crippen LogP contribution in [0.2, 0.25) is 5.02 Å². The molecule has 0 radical (unpaired) electrons. The second kappa shape index (κ2) is 7.32. The van der Waals surface area contributed by atoms with Gasteiger partial charge in [0.2, 0.25) is 0 Å². The van der Waals surface area contributed by atoms with Crippen LogP contribution < -0.4 is 5.69 Å². The van der Waals surface area contributed by atoms with E-state index in [0.29, 0.717) is 4.68 Å². The van der Waals surface area contributed by atoms with Crippen molar-refractivity contribution in [3.8, 4) is 5.69 Å². The molecule has 0 aliphatic carbocycles. The average Bonchev–Trinajstić information content (AvgIpc) is 2.80. The Morgan fingerprint density at radius 1 is 1.35 bits per heavy atom. The van der Waals surface area contributed by atoms with Gasteiger partial charge in [0.05, 0.1) is 0 Å². The van der Waals surface area contributed by atoms with Gasteiger partial charge < -0.3 is 5.11 Å². The molecule has 1 unspecified atom stereocenters. The standard InChI is InChI=1S/C15H13ClF3N3O4/c1-6(23)9(13(24)25)3-8-4-12(11(17)5-10(8)16)22-15(26)21(14(18)19)7(2)20-22/h4-5,9,14H,3H2,1-2H3,(H,24,25). The Morgan fingerprint density at radius 2 is 1.96 bits per heavy atom. The number of aliphatic carboxylic acids is 1. The molecule has 0 bridgehead atoms. The van der Waals surface area contributed by atoms with E-state index in [1.165, 1.54) is 0 Å². The van der Waals surface area contributed by atoms with Gasteiger partial charge in [0.25, 0.3) is 0 Å². The number of hydrogen-bond donors (Lipinski definition) is 1. The van der Waals surface area contributed by atoms with Crippen molar-refractivity contribution in [3.63, 3.8) is 0 Å². The highest BCUT2D eigenvalue weighted by Crippen LogP contribution is 2.26. The molecule has 0 spiro atoms. The van der Waals surface area contributed by atoms with Gasteiger partial charge in [-0.1, -0.05) is 11.6 Å². The predicted molar refractivity (Wildman–Crippen MR) is 84.3 cm³/mol. The Bertz CT molecular complexity index is 925. The topological polar surface area (TPSA) is 94.2 Å². The summed E-state index contributed by atoms with van der Waals surface area (Å²) in [6.45, 7) is -0.940. The van der Waals surface area contributed by atoms with E-state index >= 15 is 0 Å². The molecule has 1 aromatic heterocycles. The zero-order chi connectivity index (χ0) is 19.8. The van der Waals surface area contributed by atoms with Crippen molar-refractivity contribution in [2.24, 2.45) is 5.92 Å². The van der Waals surface area contributed by atoms with Gasteiger partial charge in [-0.2, -0.15) is 13.5 Å². The van der Waals surface area contributed by atoms with Gasteiger partial charge in [0.1, 0.15) is 23.2 Å². The number of aryl methyl sites for hydroxylation is 1. The fraction of sp³-hybridized carbons (Fsp3) is 0.333. The predicted octanol–water partition coefficient (Wildman–Crippen LogP) is 2.36. The molecule has 1 atom stereocenters. The molecular formula is C15H13ClF3N3O4. The van der Waals surface area contributed by atoms with E-state index in [0.717, 1.165) is 26.0 Å². The Hall–Kier alpha value is -2.62. The zero-order valence-corrected chi connectivity index (χ0v) is 14.3. The molecule has 0 amide bonds. The molecule has 140 valence electrons. The maximum atomic E-state index is 14.2. The third-order valence-corrected chi connectivity index (χ3v) is 4.08. The van der Waals surface area contributed by atoms with E-state index in [-0.39, 0.29) is 27.4 Å². The van der Waals surface area contributed by atoms with Crippen LogP contribution in [0.5, 0.6) is 0 Å².